The number of rotatable bonds is 8. The van der Waals surface area contributed by atoms with Gasteiger partial charge >= 0.3 is 0 Å². The van der Waals surface area contributed by atoms with Crippen LogP contribution in [0.25, 0.3) is 22.5 Å². The van der Waals surface area contributed by atoms with Gasteiger partial charge in [-0.15, -0.1) is 0 Å². The standard InChI is InChI=1S/C26H24ClN7O2/c1-3-4-12-36-21-10-8-18(9-11-21)26(35)31-23-13-17(2)32-34(23)25-22-15-30-33(24(22)28-16-29-25)20-7-5-6-19(27)14-20/h5-11,13-16H,3-4,12H2,1-2H3,(H,31,35). The average Bonchev–Trinajstić information content (AvgIpc) is 3.48. The van der Waals surface area contributed by atoms with Crippen LogP contribution in [0, 0.1) is 6.92 Å². The van der Waals surface area contributed by atoms with E-state index < -0.39 is 0 Å². The smallest absolute Gasteiger partial charge is 0.256 e. The second kappa shape index (κ2) is 10.2. The molecule has 5 aromatic rings. The summed E-state index contributed by atoms with van der Waals surface area (Å²) >= 11 is 6.16. The summed E-state index contributed by atoms with van der Waals surface area (Å²) in [6.45, 7) is 4.62. The minimum atomic E-state index is -0.267. The summed E-state index contributed by atoms with van der Waals surface area (Å²) in [5.74, 6) is 1.45. The Morgan fingerprint density at radius 3 is 2.69 bits per heavy atom. The van der Waals surface area contributed by atoms with Crippen molar-refractivity contribution >= 4 is 34.4 Å². The van der Waals surface area contributed by atoms with Gasteiger partial charge in [0.25, 0.3) is 5.91 Å². The van der Waals surface area contributed by atoms with Gasteiger partial charge in [-0.2, -0.15) is 14.9 Å². The number of carbonyl (C=O) groups is 1. The Morgan fingerprint density at radius 2 is 1.92 bits per heavy atom. The minimum absolute atomic E-state index is 0.267. The Morgan fingerprint density at radius 1 is 1.08 bits per heavy atom. The summed E-state index contributed by atoms with van der Waals surface area (Å²) in [5, 5.41) is 13.3. The summed E-state index contributed by atoms with van der Waals surface area (Å²) in [5.41, 5.74) is 2.59. The molecule has 1 N–H and O–H groups in total. The number of nitrogens with one attached hydrogen (secondary N) is 1. The number of aryl methyl sites for hydroxylation is 1. The maximum atomic E-state index is 13.0. The predicted molar refractivity (Wildman–Crippen MR) is 138 cm³/mol. The van der Waals surface area contributed by atoms with E-state index >= 15 is 0 Å². The van der Waals surface area contributed by atoms with Crippen molar-refractivity contribution in [1.29, 1.82) is 0 Å². The van der Waals surface area contributed by atoms with Crippen LogP contribution in [0.3, 0.4) is 0 Å². The van der Waals surface area contributed by atoms with Crippen molar-refractivity contribution < 1.29 is 9.53 Å². The number of hydrogen-bond donors (Lipinski definition) is 1. The fourth-order valence-electron chi connectivity index (χ4n) is 3.77. The number of benzene rings is 2. The van der Waals surface area contributed by atoms with E-state index in [-0.39, 0.29) is 5.91 Å². The number of ether oxygens (including phenoxy) is 1. The van der Waals surface area contributed by atoms with Crippen molar-refractivity contribution in [2.75, 3.05) is 11.9 Å². The van der Waals surface area contributed by atoms with E-state index in [0.717, 1.165) is 30.0 Å². The molecule has 0 radical (unpaired) electrons. The molecule has 0 saturated carbocycles. The summed E-state index contributed by atoms with van der Waals surface area (Å²) in [4.78, 5) is 21.9. The molecule has 10 heteroatoms. The maximum Gasteiger partial charge on any atom is 0.256 e. The first-order valence-corrected chi connectivity index (χ1v) is 12.0. The van der Waals surface area contributed by atoms with Gasteiger partial charge < -0.3 is 10.1 Å². The molecule has 0 bridgehead atoms. The van der Waals surface area contributed by atoms with Crippen molar-refractivity contribution in [3.05, 3.63) is 83.4 Å². The number of aromatic nitrogens is 6. The van der Waals surface area contributed by atoms with Crippen LogP contribution in [-0.4, -0.2) is 42.0 Å². The van der Waals surface area contributed by atoms with Crippen LogP contribution in [0.2, 0.25) is 5.02 Å². The quantitative estimate of drug-likeness (QED) is 0.286. The number of halogens is 1. The van der Waals surface area contributed by atoms with Crippen molar-refractivity contribution in [1.82, 2.24) is 29.5 Å². The van der Waals surface area contributed by atoms with E-state index in [1.165, 1.54) is 6.33 Å². The van der Waals surface area contributed by atoms with E-state index in [9.17, 15) is 4.79 Å². The first-order chi connectivity index (χ1) is 17.5. The number of carbonyl (C=O) groups excluding carboxylic acids is 1. The zero-order chi connectivity index (χ0) is 25.1. The molecule has 1 amide bonds. The highest BCUT2D eigenvalue weighted by Crippen LogP contribution is 2.25. The van der Waals surface area contributed by atoms with Gasteiger partial charge in [0.15, 0.2) is 11.5 Å². The molecule has 3 heterocycles. The van der Waals surface area contributed by atoms with Crippen LogP contribution in [0.15, 0.2) is 67.1 Å². The molecule has 0 atom stereocenters. The van der Waals surface area contributed by atoms with Gasteiger partial charge in [-0.25, -0.2) is 14.6 Å². The van der Waals surface area contributed by atoms with Crippen LogP contribution in [0.5, 0.6) is 5.75 Å². The Balaban J connectivity index is 1.44. The molecule has 36 heavy (non-hydrogen) atoms. The number of nitrogens with zero attached hydrogens (tertiary/aromatic N) is 6. The first kappa shape index (κ1) is 23.5. The third-order valence-corrected chi connectivity index (χ3v) is 5.79. The summed E-state index contributed by atoms with van der Waals surface area (Å²) < 4.78 is 8.96. The third kappa shape index (κ3) is 4.78. The second-order valence-electron chi connectivity index (χ2n) is 8.23. The molecule has 0 aliphatic carbocycles. The Bertz CT molecular complexity index is 1530. The molecule has 3 aromatic heterocycles. The van der Waals surface area contributed by atoms with Crippen LogP contribution >= 0.6 is 11.6 Å². The van der Waals surface area contributed by atoms with Gasteiger partial charge in [0, 0.05) is 16.7 Å². The van der Waals surface area contributed by atoms with Crippen LogP contribution in [0.4, 0.5) is 5.82 Å². The van der Waals surface area contributed by atoms with E-state index in [4.69, 9.17) is 16.3 Å². The number of hydrogen-bond acceptors (Lipinski definition) is 6. The fraction of sp³-hybridized carbons (Fsp3) is 0.192. The van der Waals surface area contributed by atoms with E-state index in [0.29, 0.717) is 39.9 Å². The highest BCUT2D eigenvalue weighted by atomic mass is 35.5. The average molecular weight is 502 g/mol. The molecule has 5 rings (SSSR count). The topological polar surface area (TPSA) is 99.8 Å². The highest BCUT2D eigenvalue weighted by molar-refractivity contribution is 6.30. The lowest BCUT2D eigenvalue weighted by Crippen LogP contribution is -2.15. The summed E-state index contributed by atoms with van der Waals surface area (Å²) in [7, 11) is 0. The fourth-order valence-corrected chi connectivity index (χ4v) is 3.96. The normalized spacial score (nSPS) is 11.1. The molecule has 9 nitrogen and oxygen atoms in total. The zero-order valence-corrected chi connectivity index (χ0v) is 20.6. The Labute approximate surface area is 212 Å². The zero-order valence-electron chi connectivity index (χ0n) is 19.8. The van der Waals surface area contributed by atoms with Gasteiger partial charge in [-0.05, 0) is 55.8 Å². The Kier molecular flexibility index (Phi) is 6.64. The summed E-state index contributed by atoms with van der Waals surface area (Å²) in [6.07, 6.45) is 5.17. The molecule has 182 valence electrons. The first-order valence-electron chi connectivity index (χ1n) is 11.6. The predicted octanol–water partition coefficient (Wildman–Crippen LogP) is 5.39. The molecular formula is C26H24ClN7O2. The van der Waals surface area contributed by atoms with Crippen molar-refractivity contribution in [2.45, 2.75) is 26.7 Å². The third-order valence-electron chi connectivity index (χ3n) is 5.55. The van der Waals surface area contributed by atoms with E-state index in [1.807, 2.05) is 19.1 Å². The van der Waals surface area contributed by atoms with Crippen LogP contribution < -0.4 is 10.1 Å². The molecule has 0 aliphatic rings. The van der Waals surface area contributed by atoms with Crippen molar-refractivity contribution in [3.8, 4) is 17.3 Å². The second-order valence-corrected chi connectivity index (χ2v) is 8.67. The van der Waals surface area contributed by atoms with Crippen LogP contribution in [0.1, 0.15) is 35.8 Å². The highest BCUT2D eigenvalue weighted by Gasteiger charge is 2.18. The number of anilines is 1. The van der Waals surface area contributed by atoms with E-state index in [2.05, 4.69) is 32.4 Å². The molecule has 0 unspecified atom stereocenters. The van der Waals surface area contributed by atoms with Crippen LogP contribution in [-0.2, 0) is 0 Å². The molecule has 2 aromatic carbocycles. The molecule has 0 aliphatic heterocycles. The maximum absolute atomic E-state index is 13.0. The number of fused-ring (bicyclic) bond motifs is 1. The monoisotopic (exact) mass is 501 g/mol. The molecule has 0 fully saturated rings. The lowest BCUT2D eigenvalue weighted by molar-refractivity contribution is 0.102. The number of amides is 1. The lowest BCUT2D eigenvalue weighted by atomic mass is 10.2. The van der Waals surface area contributed by atoms with Crippen molar-refractivity contribution in [3.63, 3.8) is 0 Å². The largest absolute Gasteiger partial charge is 0.494 e. The summed E-state index contributed by atoms with van der Waals surface area (Å²) in [6, 6.07) is 16.2. The molecule has 0 saturated heterocycles. The van der Waals surface area contributed by atoms with Crippen molar-refractivity contribution in [2.24, 2.45) is 0 Å². The minimum Gasteiger partial charge on any atom is -0.494 e. The Hall–Kier alpha value is -4.24. The van der Waals surface area contributed by atoms with E-state index in [1.54, 1.807) is 58.0 Å². The number of unbranched alkanes of at least 4 members (excludes halogenated alkanes) is 1. The molecule has 0 spiro atoms. The SMILES string of the molecule is CCCCOc1ccc(C(=O)Nc2cc(C)nn2-c2ncnc3c2cnn3-c2cccc(Cl)c2)cc1. The van der Waals surface area contributed by atoms with Gasteiger partial charge in [0.2, 0.25) is 0 Å². The van der Waals surface area contributed by atoms with Gasteiger partial charge in [0.1, 0.15) is 17.9 Å². The van der Waals surface area contributed by atoms with Gasteiger partial charge in [0.05, 0.1) is 29.6 Å². The van der Waals surface area contributed by atoms with Gasteiger partial charge in [-0.3, -0.25) is 4.79 Å². The molecular weight excluding hydrogens is 478 g/mol. The lowest BCUT2D eigenvalue weighted by Gasteiger charge is -2.10. The van der Waals surface area contributed by atoms with Gasteiger partial charge in [-0.1, -0.05) is 31.0 Å².